The van der Waals surface area contributed by atoms with E-state index in [1.807, 2.05) is 45.0 Å². The van der Waals surface area contributed by atoms with Gasteiger partial charge in [0.05, 0.1) is 5.39 Å². The maximum absolute atomic E-state index is 12.9. The highest BCUT2D eigenvalue weighted by atomic mass is 32.1. The molecule has 8 nitrogen and oxygen atoms in total. The minimum Gasteiger partial charge on any atom is -0.453 e. The average molecular weight is 451 g/mol. The van der Waals surface area contributed by atoms with Gasteiger partial charge in [-0.2, -0.15) is 5.10 Å². The van der Waals surface area contributed by atoms with Crippen LogP contribution in [0.25, 0.3) is 21.3 Å². The molecule has 0 aliphatic heterocycles. The monoisotopic (exact) mass is 450 g/mol. The summed E-state index contributed by atoms with van der Waals surface area (Å²) in [6.45, 7) is 6.07. The number of fused-ring (bicyclic) bond motifs is 1. The summed E-state index contributed by atoms with van der Waals surface area (Å²) < 4.78 is 6.51. The number of carbonyl (C=O) groups is 1. The molecule has 0 fully saturated rings. The number of hydrogen-bond donors (Lipinski definition) is 1. The lowest BCUT2D eigenvalue weighted by Crippen LogP contribution is -2.25. The van der Waals surface area contributed by atoms with E-state index in [-0.39, 0.29) is 29.2 Å². The van der Waals surface area contributed by atoms with E-state index in [2.05, 4.69) is 15.1 Å². The van der Waals surface area contributed by atoms with E-state index >= 15 is 0 Å². The molecule has 3 heterocycles. The zero-order valence-corrected chi connectivity index (χ0v) is 18.8. The minimum absolute atomic E-state index is 0.0232. The highest BCUT2D eigenvalue weighted by Crippen LogP contribution is 2.35. The van der Waals surface area contributed by atoms with Crippen molar-refractivity contribution in [3.63, 3.8) is 0 Å². The fraction of sp³-hybridized carbons (Fsp3) is 0.261. The number of benzene rings is 1. The Bertz CT molecular complexity index is 1420. The molecule has 0 radical (unpaired) electrons. The van der Waals surface area contributed by atoms with Gasteiger partial charge in [-0.3, -0.25) is 9.59 Å². The van der Waals surface area contributed by atoms with E-state index in [9.17, 15) is 14.4 Å². The summed E-state index contributed by atoms with van der Waals surface area (Å²) in [4.78, 5) is 45.8. The first kappa shape index (κ1) is 21.6. The van der Waals surface area contributed by atoms with Gasteiger partial charge in [0.25, 0.3) is 11.1 Å². The van der Waals surface area contributed by atoms with Crippen molar-refractivity contribution in [2.45, 2.75) is 40.3 Å². The van der Waals surface area contributed by atoms with Crippen molar-refractivity contribution in [1.29, 1.82) is 0 Å². The second-order valence-corrected chi connectivity index (χ2v) is 8.65. The van der Waals surface area contributed by atoms with Crippen LogP contribution in [0.4, 0.5) is 0 Å². The van der Waals surface area contributed by atoms with Crippen LogP contribution in [0.3, 0.4) is 0 Å². The molecule has 0 atom stereocenters. The summed E-state index contributed by atoms with van der Waals surface area (Å²) in [5.74, 6) is -0.449. The largest absolute Gasteiger partial charge is 0.453 e. The molecule has 4 rings (SSSR count). The fourth-order valence-electron chi connectivity index (χ4n) is 3.44. The number of aryl methyl sites for hydroxylation is 3. The first-order valence-electron chi connectivity index (χ1n) is 10.2. The summed E-state index contributed by atoms with van der Waals surface area (Å²) in [7, 11) is 0. The Balaban J connectivity index is 1.59. The van der Waals surface area contributed by atoms with Crippen LogP contribution in [0.1, 0.15) is 40.1 Å². The molecule has 0 amide bonds. The highest BCUT2D eigenvalue weighted by Gasteiger charge is 2.18. The van der Waals surface area contributed by atoms with Crippen molar-refractivity contribution in [3.8, 4) is 11.1 Å². The van der Waals surface area contributed by atoms with Gasteiger partial charge < -0.3 is 9.72 Å². The second kappa shape index (κ2) is 8.88. The van der Waals surface area contributed by atoms with Gasteiger partial charge in [0.2, 0.25) is 0 Å². The first-order valence-corrected chi connectivity index (χ1v) is 11.0. The summed E-state index contributed by atoms with van der Waals surface area (Å²) in [6.07, 6.45) is 0.710. The Morgan fingerprint density at radius 3 is 2.59 bits per heavy atom. The van der Waals surface area contributed by atoms with Gasteiger partial charge in [-0.15, -0.1) is 11.3 Å². The van der Waals surface area contributed by atoms with Crippen LogP contribution in [-0.2, 0) is 17.9 Å². The Kier molecular flexibility index (Phi) is 6.00. The van der Waals surface area contributed by atoms with E-state index in [4.69, 9.17) is 4.74 Å². The number of aromatic amines is 1. The number of nitrogens with zero attached hydrogens (tertiary/aromatic N) is 3. The van der Waals surface area contributed by atoms with Gasteiger partial charge in [0, 0.05) is 23.1 Å². The number of ether oxygens (including phenoxy) is 1. The van der Waals surface area contributed by atoms with E-state index in [1.165, 1.54) is 28.2 Å². The summed E-state index contributed by atoms with van der Waals surface area (Å²) in [6, 6.07) is 10.6. The molecule has 0 spiro atoms. The number of rotatable bonds is 6. The van der Waals surface area contributed by atoms with Crippen molar-refractivity contribution in [3.05, 3.63) is 79.1 Å². The highest BCUT2D eigenvalue weighted by molar-refractivity contribution is 7.19. The molecule has 0 aliphatic carbocycles. The Morgan fingerprint density at radius 1 is 1.12 bits per heavy atom. The smallest absolute Gasteiger partial charge is 0.359 e. The number of hydrogen-bond acceptors (Lipinski definition) is 7. The van der Waals surface area contributed by atoms with Gasteiger partial charge in [0.1, 0.15) is 17.3 Å². The molecule has 0 unspecified atom stereocenters. The number of carbonyl (C=O) groups excluding carboxylic acids is 1. The molecule has 1 aromatic carbocycles. The van der Waals surface area contributed by atoms with Crippen molar-refractivity contribution in [1.82, 2.24) is 19.7 Å². The molecule has 32 heavy (non-hydrogen) atoms. The number of nitrogens with one attached hydrogen (secondary N) is 1. The lowest BCUT2D eigenvalue weighted by atomic mass is 10.0. The standard InChI is InChI=1S/C23H22N4O4S/c1-4-11-27-18(28)10-9-16(26-27)23(30)31-12-17-24-21(29)20-19(14(3)32-22(20)25-17)15-7-5-13(2)6-8-15/h5-10H,4,11-12H2,1-3H3,(H,24,25,29). The number of thiophene rings is 1. The summed E-state index contributed by atoms with van der Waals surface area (Å²) in [5.41, 5.74) is 2.42. The van der Waals surface area contributed by atoms with E-state index in [1.54, 1.807) is 0 Å². The molecular formula is C23H22N4O4S. The van der Waals surface area contributed by atoms with Gasteiger partial charge in [-0.05, 0) is 31.9 Å². The topological polar surface area (TPSA) is 107 Å². The van der Waals surface area contributed by atoms with Gasteiger partial charge in [-0.1, -0.05) is 36.8 Å². The van der Waals surface area contributed by atoms with Gasteiger partial charge in [-0.25, -0.2) is 14.5 Å². The third-order valence-electron chi connectivity index (χ3n) is 4.98. The van der Waals surface area contributed by atoms with Crippen molar-refractivity contribution in [2.75, 3.05) is 0 Å². The number of esters is 1. The molecule has 164 valence electrons. The molecule has 3 aromatic heterocycles. The molecular weight excluding hydrogens is 428 g/mol. The van der Waals surface area contributed by atoms with Crippen LogP contribution in [-0.4, -0.2) is 25.7 Å². The van der Waals surface area contributed by atoms with Crippen LogP contribution in [0.2, 0.25) is 0 Å². The van der Waals surface area contributed by atoms with Crippen LogP contribution >= 0.6 is 11.3 Å². The number of H-pyrrole nitrogens is 1. The zero-order chi connectivity index (χ0) is 22.8. The summed E-state index contributed by atoms with van der Waals surface area (Å²) >= 11 is 1.42. The maximum Gasteiger partial charge on any atom is 0.359 e. The minimum atomic E-state index is -0.694. The zero-order valence-electron chi connectivity index (χ0n) is 18.0. The lowest BCUT2D eigenvalue weighted by molar-refractivity contribution is 0.0452. The van der Waals surface area contributed by atoms with Gasteiger partial charge >= 0.3 is 5.97 Å². The Morgan fingerprint density at radius 2 is 1.88 bits per heavy atom. The normalized spacial score (nSPS) is 11.1. The lowest BCUT2D eigenvalue weighted by Gasteiger charge is -2.07. The molecule has 0 bridgehead atoms. The third-order valence-corrected chi connectivity index (χ3v) is 5.98. The maximum atomic E-state index is 12.9. The van der Waals surface area contributed by atoms with Gasteiger partial charge in [0.15, 0.2) is 5.69 Å². The van der Waals surface area contributed by atoms with Crippen molar-refractivity contribution >= 4 is 27.5 Å². The molecule has 0 aliphatic rings. The first-order chi connectivity index (χ1) is 15.4. The molecule has 0 saturated carbocycles. The van der Waals surface area contributed by atoms with Crippen molar-refractivity contribution < 1.29 is 9.53 Å². The van der Waals surface area contributed by atoms with E-state index < -0.39 is 5.97 Å². The molecule has 9 heteroatoms. The Labute approximate surface area is 187 Å². The second-order valence-electron chi connectivity index (χ2n) is 7.45. The average Bonchev–Trinajstić information content (AvgIpc) is 3.10. The van der Waals surface area contributed by atoms with Crippen LogP contribution in [0.15, 0.2) is 46.0 Å². The van der Waals surface area contributed by atoms with Crippen LogP contribution in [0.5, 0.6) is 0 Å². The quantitative estimate of drug-likeness (QED) is 0.450. The van der Waals surface area contributed by atoms with Crippen LogP contribution in [0, 0.1) is 13.8 Å². The van der Waals surface area contributed by atoms with E-state index in [0.29, 0.717) is 23.2 Å². The Hall–Kier alpha value is -3.59. The predicted molar refractivity (Wildman–Crippen MR) is 123 cm³/mol. The SMILES string of the molecule is CCCn1nc(C(=O)OCc2nc3sc(C)c(-c4ccc(C)cc4)c3c(=O)[nH]2)ccc1=O. The summed E-state index contributed by atoms with van der Waals surface area (Å²) in [5, 5.41) is 4.56. The number of aromatic nitrogens is 4. The molecule has 4 aromatic rings. The third kappa shape index (κ3) is 4.24. The van der Waals surface area contributed by atoms with E-state index in [0.717, 1.165) is 21.6 Å². The van der Waals surface area contributed by atoms with Crippen molar-refractivity contribution in [2.24, 2.45) is 0 Å². The fourth-order valence-corrected chi connectivity index (χ4v) is 4.50. The van der Waals surface area contributed by atoms with Crippen LogP contribution < -0.4 is 11.1 Å². The predicted octanol–water partition coefficient (Wildman–Crippen LogP) is 3.59. The molecule has 0 saturated heterocycles. The molecule has 1 N–H and O–H groups in total.